The molecule has 0 aromatic heterocycles. The topological polar surface area (TPSA) is 38.3 Å². The molecule has 1 aromatic rings. The molecule has 0 radical (unpaired) electrons. The third kappa shape index (κ3) is 1.45. The maximum absolute atomic E-state index is 11.5. The minimum absolute atomic E-state index is 0.0152. The Bertz CT molecular complexity index is 374. The molecule has 1 N–H and O–H groups in total. The molecule has 14 heavy (non-hydrogen) atoms. The van der Waals surface area contributed by atoms with Gasteiger partial charge in [-0.2, -0.15) is 0 Å². The van der Waals surface area contributed by atoms with Crippen LogP contribution in [0.25, 0.3) is 0 Å². The quantitative estimate of drug-likeness (QED) is 0.728. The van der Waals surface area contributed by atoms with Crippen molar-refractivity contribution in [3.05, 3.63) is 29.3 Å². The fourth-order valence-electron chi connectivity index (χ4n) is 1.77. The summed E-state index contributed by atoms with van der Waals surface area (Å²) in [5, 5.41) is 2.89. The summed E-state index contributed by atoms with van der Waals surface area (Å²) >= 11 is 0. The van der Waals surface area contributed by atoms with Crippen molar-refractivity contribution in [2.75, 3.05) is 7.11 Å². The Kier molecular flexibility index (Phi) is 2.15. The van der Waals surface area contributed by atoms with Crippen LogP contribution in [0.5, 0.6) is 5.75 Å². The van der Waals surface area contributed by atoms with Gasteiger partial charge in [-0.05, 0) is 37.1 Å². The fourth-order valence-corrected chi connectivity index (χ4v) is 1.77. The highest BCUT2D eigenvalue weighted by Crippen LogP contribution is 2.22. The summed E-state index contributed by atoms with van der Waals surface area (Å²) in [4.78, 5) is 11.5. The Morgan fingerprint density at radius 1 is 1.50 bits per heavy atom. The van der Waals surface area contributed by atoms with Crippen molar-refractivity contribution >= 4 is 5.91 Å². The summed E-state index contributed by atoms with van der Waals surface area (Å²) in [6, 6.07) is 5.77. The van der Waals surface area contributed by atoms with Gasteiger partial charge in [0.25, 0.3) is 5.91 Å². The number of hydrogen-bond acceptors (Lipinski definition) is 2. The molecular formula is C11H13NO2. The van der Waals surface area contributed by atoms with Crippen LogP contribution >= 0.6 is 0 Å². The highest BCUT2D eigenvalue weighted by Gasteiger charge is 2.21. The molecule has 1 aromatic carbocycles. The lowest BCUT2D eigenvalue weighted by molar-refractivity contribution is 0.0929. The Morgan fingerprint density at radius 3 is 3.00 bits per heavy atom. The van der Waals surface area contributed by atoms with Gasteiger partial charge < -0.3 is 10.1 Å². The Labute approximate surface area is 83.1 Å². The van der Waals surface area contributed by atoms with Crippen LogP contribution in [0.3, 0.4) is 0 Å². The normalized spacial score (nSPS) is 19.9. The summed E-state index contributed by atoms with van der Waals surface area (Å²) in [5.74, 6) is 0.826. The van der Waals surface area contributed by atoms with Crippen LogP contribution in [-0.2, 0) is 6.42 Å². The molecule has 0 bridgehead atoms. The summed E-state index contributed by atoms with van der Waals surface area (Å²) in [5.41, 5.74) is 1.84. The minimum atomic E-state index is 0.0152. The third-order valence-electron chi connectivity index (χ3n) is 2.46. The van der Waals surface area contributed by atoms with Crippen molar-refractivity contribution in [1.29, 1.82) is 0 Å². The SMILES string of the molecule is COc1ccc2c(c1)CC(C)NC2=O. The molecular weight excluding hydrogens is 178 g/mol. The van der Waals surface area contributed by atoms with E-state index in [1.54, 1.807) is 7.11 Å². The lowest BCUT2D eigenvalue weighted by Crippen LogP contribution is -2.39. The number of carbonyl (C=O) groups is 1. The van der Waals surface area contributed by atoms with E-state index in [1.807, 2.05) is 25.1 Å². The van der Waals surface area contributed by atoms with Crippen LogP contribution in [0.15, 0.2) is 18.2 Å². The van der Waals surface area contributed by atoms with Crippen molar-refractivity contribution in [1.82, 2.24) is 5.32 Å². The van der Waals surface area contributed by atoms with E-state index in [9.17, 15) is 4.79 Å². The predicted octanol–water partition coefficient (Wildman–Crippen LogP) is 1.37. The molecule has 1 aliphatic rings. The van der Waals surface area contributed by atoms with Crippen molar-refractivity contribution in [2.24, 2.45) is 0 Å². The van der Waals surface area contributed by atoms with E-state index in [1.165, 1.54) is 0 Å². The second kappa shape index (κ2) is 3.33. The lowest BCUT2D eigenvalue weighted by Gasteiger charge is -2.22. The Balaban J connectivity index is 2.44. The maximum atomic E-state index is 11.5. The second-order valence-corrected chi connectivity index (χ2v) is 3.60. The third-order valence-corrected chi connectivity index (χ3v) is 2.46. The first kappa shape index (κ1) is 9.06. The fraction of sp³-hybridized carbons (Fsp3) is 0.364. The smallest absolute Gasteiger partial charge is 0.251 e. The standard InChI is InChI=1S/C11H13NO2/c1-7-5-8-6-9(14-2)3-4-10(8)11(13)12-7/h3-4,6-7H,5H2,1-2H3,(H,12,13). The number of fused-ring (bicyclic) bond motifs is 1. The number of rotatable bonds is 1. The largest absolute Gasteiger partial charge is 0.497 e. The van der Waals surface area contributed by atoms with Crippen LogP contribution in [0.2, 0.25) is 0 Å². The monoisotopic (exact) mass is 191 g/mol. The summed E-state index contributed by atoms with van der Waals surface area (Å²) in [6.45, 7) is 2.00. The number of amides is 1. The molecule has 1 unspecified atom stereocenters. The average molecular weight is 191 g/mol. The Morgan fingerprint density at radius 2 is 2.29 bits per heavy atom. The van der Waals surface area contributed by atoms with E-state index in [4.69, 9.17) is 4.74 Å². The van der Waals surface area contributed by atoms with Crippen LogP contribution in [-0.4, -0.2) is 19.1 Å². The molecule has 0 aliphatic carbocycles. The van der Waals surface area contributed by atoms with E-state index in [2.05, 4.69) is 5.32 Å². The van der Waals surface area contributed by atoms with Crippen molar-refractivity contribution in [3.8, 4) is 5.75 Å². The average Bonchev–Trinajstić information content (AvgIpc) is 2.16. The van der Waals surface area contributed by atoms with Gasteiger partial charge in [-0.3, -0.25) is 4.79 Å². The number of methoxy groups -OCH3 is 1. The zero-order valence-corrected chi connectivity index (χ0v) is 8.33. The number of benzene rings is 1. The first-order valence-corrected chi connectivity index (χ1v) is 4.68. The van der Waals surface area contributed by atoms with Gasteiger partial charge in [0.05, 0.1) is 7.11 Å². The van der Waals surface area contributed by atoms with Gasteiger partial charge in [0.2, 0.25) is 0 Å². The van der Waals surface area contributed by atoms with Gasteiger partial charge >= 0.3 is 0 Å². The van der Waals surface area contributed by atoms with Gasteiger partial charge in [-0.15, -0.1) is 0 Å². The zero-order valence-electron chi connectivity index (χ0n) is 8.33. The minimum Gasteiger partial charge on any atom is -0.497 e. The predicted molar refractivity (Wildman–Crippen MR) is 53.6 cm³/mol. The summed E-state index contributed by atoms with van der Waals surface area (Å²) in [6.07, 6.45) is 0.873. The van der Waals surface area contributed by atoms with Gasteiger partial charge in [-0.1, -0.05) is 0 Å². The van der Waals surface area contributed by atoms with E-state index >= 15 is 0 Å². The van der Waals surface area contributed by atoms with Gasteiger partial charge in [0.1, 0.15) is 5.75 Å². The Hall–Kier alpha value is -1.51. The molecule has 0 saturated carbocycles. The van der Waals surface area contributed by atoms with Gasteiger partial charge in [-0.25, -0.2) is 0 Å². The van der Waals surface area contributed by atoms with Crippen LogP contribution in [0.4, 0.5) is 0 Å². The molecule has 74 valence electrons. The highest BCUT2D eigenvalue weighted by molar-refractivity contribution is 5.97. The number of ether oxygens (including phenoxy) is 1. The highest BCUT2D eigenvalue weighted by atomic mass is 16.5. The molecule has 3 heteroatoms. The van der Waals surface area contributed by atoms with E-state index in [0.29, 0.717) is 0 Å². The van der Waals surface area contributed by atoms with Crippen LogP contribution in [0, 0.1) is 0 Å². The lowest BCUT2D eigenvalue weighted by atomic mass is 9.96. The van der Waals surface area contributed by atoms with E-state index < -0.39 is 0 Å². The number of hydrogen-bond donors (Lipinski definition) is 1. The summed E-state index contributed by atoms with van der Waals surface area (Å²) < 4.78 is 5.12. The zero-order chi connectivity index (χ0) is 10.1. The van der Waals surface area contributed by atoms with Gasteiger partial charge in [0.15, 0.2) is 0 Å². The van der Waals surface area contributed by atoms with Crippen molar-refractivity contribution < 1.29 is 9.53 Å². The molecule has 1 amide bonds. The second-order valence-electron chi connectivity index (χ2n) is 3.60. The first-order chi connectivity index (χ1) is 6.70. The van der Waals surface area contributed by atoms with Crippen molar-refractivity contribution in [3.63, 3.8) is 0 Å². The van der Waals surface area contributed by atoms with E-state index in [0.717, 1.165) is 23.3 Å². The van der Waals surface area contributed by atoms with E-state index in [-0.39, 0.29) is 11.9 Å². The molecule has 1 aliphatic heterocycles. The molecule has 1 heterocycles. The molecule has 2 rings (SSSR count). The van der Waals surface area contributed by atoms with Crippen molar-refractivity contribution in [2.45, 2.75) is 19.4 Å². The summed E-state index contributed by atoms with van der Waals surface area (Å²) in [7, 11) is 1.63. The van der Waals surface area contributed by atoms with Gasteiger partial charge in [0, 0.05) is 11.6 Å². The molecule has 1 atom stereocenters. The van der Waals surface area contributed by atoms with Crippen LogP contribution < -0.4 is 10.1 Å². The molecule has 0 spiro atoms. The number of carbonyl (C=O) groups excluding carboxylic acids is 1. The molecule has 3 nitrogen and oxygen atoms in total. The van der Waals surface area contributed by atoms with Crippen LogP contribution in [0.1, 0.15) is 22.8 Å². The first-order valence-electron chi connectivity index (χ1n) is 4.68. The number of nitrogens with one attached hydrogen (secondary N) is 1. The molecule has 0 fully saturated rings. The molecule has 0 saturated heterocycles. The maximum Gasteiger partial charge on any atom is 0.251 e.